The Balaban J connectivity index is 1.16. The molecule has 2 aromatic rings. The van der Waals surface area contributed by atoms with Crippen molar-refractivity contribution in [2.45, 2.75) is 63.3 Å². The largest absolute Gasteiger partial charge is 0.431 e. The number of hydrogen-bond acceptors (Lipinski definition) is 7. The van der Waals surface area contributed by atoms with Gasteiger partial charge in [0, 0.05) is 61.6 Å². The Labute approximate surface area is 210 Å². The summed E-state index contributed by atoms with van der Waals surface area (Å²) < 4.78 is 38.5. The van der Waals surface area contributed by atoms with Crippen molar-refractivity contribution < 1.29 is 18.3 Å². The zero-order valence-corrected chi connectivity index (χ0v) is 21.2. The number of halogens is 2. The van der Waals surface area contributed by atoms with E-state index in [1.807, 2.05) is 0 Å². The number of nitrogens with two attached hydrogens (primary N) is 1. The molecule has 3 unspecified atom stereocenters. The molecular weight excluding hydrogens is 466 g/mol. The molecule has 6 rings (SSSR count). The maximum Gasteiger partial charge on any atom is 0.387 e. The Morgan fingerprint density at radius 1 is 1.22 bits per heavy atom. The molecule has 1 spiro atoms. The zero-order chi connectivity index (χ0) is 25.2. The van der Waals surface area contributed by atoms with Crippen LogP contribution < -0.4 is 10.5 Å². The van der Waals surface area contributed by atoms with Gasteiger partial charge >= 0.3 is 6.61 Å². The summed E-state index contributed by atoms with van der Waals surface area (Å²) in [7, 11) is 2.18. The standard InChI is InChI=1S/C26H36F2N6O2/c1-4-15(2)34-21(10-20(31-34)16-7-22(36-25(27)28)24(29)30-11-16)23-18-8-17(9-19(18)23)33-13-26(14-33)12-32(3)5-6-35-26/h7,10-11,15,17-19,23,25H,4-6,8-9,12-14H2,1-3H3,(H2,29,30)/t15?,17?,18-,19+,23?. The fraction of sp³-hybridized carbons (Fsp3) is 0.692. The molecule has 10 heteroatoms. The third kappa shape index (κ3) is 4.16. The summed E-state index contributed by atoms with van der Waals surface area (Å²) in [5.74, 6) is 1.68. The summed E-state index contributed by atoms with van der Waals surface area (Å²) in [6.45, 7) is 6.37. The van der Waals surface area contributed by atoms with E-state index in [2.05, 4.69) is 51.2 Å². The quantitative estimate of drug-likeness (QED) is 0.620. The fourth-order valence-corrected chi connectivity index (χ4v) is 6.84. The van der Waals surface area contributed by atoms with Gasteiger partial charge in [0.25, 0.3) is 0 Å². The van der Waals surface area contributed by atoms with E-state index in [-0.39, 0.29) is 23.2 Å². The molecule has 4 fully saturated rings. The van der Waals surface area contributed by atoms with Crippen molar-refractivity contribution in [3.8, 4) is 17.0 Å². The third-order valence-corrected chi connectivity index (χ3v) is 8.87. The van der Waals surface area contributed by atoms with Crippen LogP contribution >= 0.6 is 0 Å². The van der Waals surface area contributed by atoms with Crippen LogP contribution in [-0.2, 0) is 4.74 Å². The number of nitrogens with zero attached hydrogens (tertiary/aromatic N) is 5. The summed E-state index contributed by atoms with van der Waals surface area (Å²) in [5, 5.41) is 4.90. The molecule has 2 aliphatic carbocycles. The lowest BCUT2D eigenvalue weighted by atomic mass is 9.88. The maximum absolute atomic E-state index is 12.8. The third-order valence-electron chi connectivity index (χ3n) is 8.87. The Kier molecular flexibility index (Phi) is 5.96. The average molecular weight is 503 g/mol. The number of nitrogen functional groups attached to an aromatic ring is 1. The minimum absolute atomic E-state index is 0.0449. The van der Waals surface area contributed by atoms with Crippen LogP contribution in [0.3, 0.4) is 0 Å². The Morgan fingerprint density at radius 3 is 2.64 bits per heavy atom. The van der Waals surface area contributed by atoms with Gasteiger partial charge in [0.1, 0.15) is 5.60 Å². The van der Waals surface area contributed by atoms with Crippen molar-refractivity contribution in [1.29, 1.82) is 0 Å². The van der Waals surface area contributed by atoms with Crippen LogP contribution in [0.4, 0.5) is 14.6 Å². The highest BCUT2D eigenvalue weighted by Gasteiger charge is 2.61. The normalized spacial score (nSPS) is 30.4. The van der Waals surface area contributed by atoms with E-state index in [0.717, 1.165) is 44.9 Å². The number of ether oxygens (including phenoxy) is 2. The predicted octanol–water partition coefficient (Wildman–Crippen LogP) is 3.61. The van der Waals surface area contributed by atoms with Gasteiger partial charge in [-0.3, -0.25) is 9.58 Å². The molecule has 0 aromatic carbocycles. The number of anilines is 1. The van der Waals surface area contributed by atoms with Crippen molar-refractivity contribution in [2.75, 3.05) is 45.6 Å². The lowest BCUT2D eigenvalue weighted by molar-refractivity contribution is -0.190. The molecule has 36 heavy (non-hydrogen) atoms. The summed E-state index contributed by atoms with van der Waals surface area (Å²) in [6.07, 6.45) is 4.98. The zero-order valence-electron chi connectivity index (χ0n) is 21.2. The van der Waals surface area contributed by atoms with E-state index in [9.17, 15) is 8.78 Å². The highest BCUT2D eigenvalue weighted by Crippen LogP contribution is 2.64. The van der Waals surface area contributed by atoms with E-state index in [1.54, 1.807) is 6.20 Å². The second-order valence-electron chi connectivity index (χ2n) is 11.3. The summed E-state index contributed by atoms with van der Waals surface area (Å²) in [6, 6.07) is 4.52. The molecule has 2 aromatic heterocycles. The first kappa shape index (κ1) is 24.1. The molecule has 8 nitrogen and oxygen atoms in total. The monoisotopic (exact) mass is 502 g/mol. The Hall–Kier alpha value is -2.30. The second-order valence-corrected chi connectivity index (χ2v) is 11.3. The minimum atomic E-state index is -2.96. The fourth-order valence-electron chi connectivity index (χ4n) is 6.84. The number of aromatic nitrogens is 3. The van der Waals surface area contributed by atoms with Gasteiger partial charge in [-0.05, 0) is 57.2 Å². The van der Waals surface area contributed by atoms with Crippen LogP contribution in [0.5, 0.6) is 5.75 Å². The van der Waals surface area contributed by atoms with E-state index in [0.29, 0.717) is 29.4 Å². The van der Waals surface area contributed by atoms with Crippen LogP contribution in [0.1, 0.15) is 50.8 Å². The lowest BCUT2D eigenvalue weighted by Crippen LogP contribution is -2.71. The SMILES string of the molecule is CCC(C)n1nc(-c2cnc(N)c(OC(F)F)c2)cc1C1[C@H]2CC(N3CC4(CN(C)CCO4)C3)C[C@@H]12. The number of rotatable bonds is 7. The summed E-state index contributed by atoms with van der Waals surface area (Å²) in [5.41, 5.74) is 8.39. The van der Waals surface area contributed by atoms with Crippen LogP contribution in [0.2, 0.25) is 0 Å². The van der Waals surface area contributed by atoms with E-state index < -0.39 is 6.61 Å². The van der Waals surface area contributed by atoms with Gasteiger partial charge in [-0.15, -0.1) is 0 Å². The van der Waals surface area contributed by atoms with Gasteiger partial charge < -0.3 is 20.1 Å². The number of alkyl halides is 2. The number of pyridine rings is 1. The molecule has 4 heterocycles. The average Bonchev–Trinajstić information content (AvgIpc) is 3.15. The number of morpholine rings is 1. The smallest absolute Gasteiger partial charge is 0.387 e. The van der Waals surface area contributed by atoms with E-state index in [1.165, 1.54) is 24.6 Å². The molecule has 4 aliphatic rings. The van der Waals surface area contributed by atoms with Crippen LogP contribution in [0, 0.1) is 11.8 Å². The van der Waals surface area contributed by atoms with Crippen LogP contribution in [-0.4, -0.2) is 82.7 Å². The molecule has 0 radical (unpaired) electrons. The van der Waals surface area contributed by atoms with E-state index >= 15 is 0 Å². The van der Waals surface area contributed by atoms with Crippen molar-refractivity contribution in [2.24, 2.45) is 11.8 Å². The molecule has 196 valence electrons. The van der Waals surface area contributed by atoms with Crippen LogP contribution in [0.25, 0.3) is 11.3 Å². The highest BCUT2D eigenvalue weighted by molar-refractivity contribution is 5.64. The van der Waals surface area contributed by atoms with Crippen molar-refractivity contribution in [3.63, 3.8) is 0 Å². The number of fused-ring (bicyclic) bond motifs is 1. The predicted molar refractivity (Wildman–Crippen MR) is 132 cm³/mol. The lowest BCUT2D eigenvalue weighted by Gasteiger charge is -2.55. The van der Waals surface area contributed by atoms with E-state index in [4.69, 9.17) is 15.6 Å². The highest BCUT2D eigenvalue weighted by atomic mass is 19.3. The molecule has 2 saturated carbocycles. The molecule has 0 bridgehead atoms. The first-order valence-corrected chi connectivity index (χ1v) is 13.1. The second kappa shape index (κ2) is 8.92. The van der Waals surface area contributed by atoms with Crippen LogP contribution in [0.15, 0.2) is 18.3 Å². The summed E-state index contributed by atoms with van der Waals surface area (Å²) >= 11 is 0. The van der Waals surface area contributed by atoms with Crippen molar-refractivity contribution in [1.82, 2.24) is 24.6 Å². The van der Waals surface area contributed by atoms with Gasteiger partial charge in [0.15, 0.2) is 11.6 Å². The number of likely N-dealkylation sites (N-methyl/N-ethyl adjacent to an activating group) is 1. The first-order chi connectivity index (χ1) is 17.3. The molecule has 0 amide bonds. The molecule has 2 N–H and O–H groups in total. The molecule has 5 atom stereocenters. The van der Waals surface area contributed by atoms with Crippen molar-refractivity contribution in [3.05, 3.63) is 24.0 Å². The molecule has 2 aliphatic heterocycles. The molecule has 2 saturated heterocycles. The van der Waals surface area contributed by atoms with Gasteiger partial charge in [0.05, 0.1) is 12.3 Å². The van der Waals surface area contributed by atoms with Gasteiger partial charge in [-0.25, -0.2) is 4.98 Å². The van der Waals surface area contributed by atoms with Gasteiger partial charge in [-0.1, -0.05) is 6.92 Å². The van der Waals surface area contributed by atoms with Crippen molar-refractivity contribution >= 4 is 5.82 Å². The summed E-state index contributed by atoms with van der Waals surface area (Å²) in [4.78, 5) is 9.08. The Morgan fingerprint density at radius 2 is 1.97 bits per heavy atom. The van der Waals surface area contributed by atoms with Gasteiger partial charge in [-0.2, -0.15) is 13.9 Å². The topological polar surface area (TPSA) is 81.7 Å². The maximum atomic E-state index is 12.8. The van der Waals surface area contributed by atoms with Gasteiger partial charge in [0.2, 0.25) is 0 Å². The molecular formula is C26H36F2N6O2. The first-order valence-electron chi connectivity index (χ1n) is 13.1. The number of likely N-dealkylation sites (tertiary alicyclic amines) is 1. The Bertz CT molecular complexity index is 1110. The number of hydrogen-bond donors (Lipinski definition) is 1. The minimum Gasteiger partial charge on any atom is -0.431 e.